The highest BCUT2D eigenvalue weighted by Crippen LogP contribution is 2.28. The van der Waals surface area contributed by atoms with Gasteiger partial charge in [0.25, 0.3) is 5.91 Å². The Morgan fingerprint density at radius 2 is 2.17 bits per heavy atom. The zero-order valence-electron chi connectivity index (χ0n) is 17.1. The van der Waals surface area contributed by atoms with Crippen LogP contribution in [0, 0.1) is 0 Å². The van der Waals surface area contributed by atoms with E-state index in [4.69, 9.17) is 14.5 Å². The van der Waals surface area contributed by atoms with Crippen LogP contribution in [0.25, 0.3) is 0 Å². The lowest BCUT2D eigenvalue weighted by Gasteiger charge is -2.31. The number of ether oxygens (including phenoxy) is 2. The first-order valence-corrected chi connectivity index (χ1v) is 10.3. The number of carbonyl (C=O) groups is 1. The maximum atomic E-state index is 13.1. The fourth-order valence-corrected chi connectivity index (χ4v) is 3.97. The molecule has 1 amide bonds. The maximum Gasteiger partial charge on any atom is 0.263 e. The van der Waals surface area contributed by atoms with Gasteiger partial charge in [-0.2, -0.15) is 0 Å². The van der Waals surface area contributed by atoms with Gasteiger partial charge < -0.3 is 19.7 Å². The minimum absolute atomic E-state index is 0.00637. The molecule has 3 heterocycles. The van der Waals surface area contributed by atoms with Crippen LogP contribution < -0.4 is 14.8 Å². The van der Waals surface area contributed by atoms with Crippen molar-refractivity contribution in [3.05, 3.63) is 47.5 Å². The first-order valence-electron chi connectivity index (χ1n) is 10.3. The summed E-state index contributed by atoms with van der Waals surface area (Å²) in [5.74, 6) is 2.54. The van der Waals surface area contributed by atoms with Crippen LogP contribution in [-0.4, -0.2) is 53.6 Å². The number of fused-ring (bicyclic) bond motifs is 1. The lowest BCUT2D eigenvalue weighted by molar-refractivity contribution is -0.139. The summed E-state index contributed by atoms with van der Waals surface area (Å²) in [6, 6.07) is 7.42. The van der Waals surface area contributed by atoms with Crippen molar-refractivity contribution < 1.29 is 14.3 Å². The van der Waals surface area contributed by atoms with Gasteiger partial charge >= 0.3 is 0 Å². The van der Waals surface area contributed by atoms with Crippen molar-refractivity contribution in [3.63, 3.8) is 0 Å². The van der Waals surface area contributed by atoms with Crippen molar-refractivity contribution >= 4 is 5.91 Å². The third-order valence-corrected chi connectivity index (χ3v) is 5.67. The summed E-state index contributed by atoms with van der Waals surface area (Å²) in [5.41, 5.74) is 2.11. The number of amides is 1. The first-order chi connectivity index (χ1) is 14.2. The Morgan fingerprint density at radius 1 is 1.34 bits per heavy atom. The van der Waals surface area contributed by atoms with Crippen LogP contribution in [0.4, 0.5) is 0 Å². The van der Waals surface area contributed by atoms with Crippen LogP contribution >= 0.6 is 0 Å². The predicted octanol–water partition coefficient (Wildman–Crippen LogP) is 2.30. The molecule has 2 atom stereocenters. The number of carbonyl (C=O) groups excluding carboxylic acids is 1. The summed E-state index contributed by atoms with van der Waals surface area (Å²) in [4.78, 5) is 24.4. The molecule has 1 N–H and O–H groups in total. The molecule has 2 unspecified atom stereocenters. The van der Waals surface area contributed by atoms with Gasteiger partial charge in [0.15, 0.2) is 17.6 Å². The van der Waals surface area contributed by atoms with E-state index in [-0.39, 0.29) is 5.91 Å². The summed E-state index contributed by atoms with van der Waals surface area (Å²) < 4.78 is 11.4. The number of aromatic nitrogens is 2. The molecule has 0 bridgehead atoms. The Hall–Kier alpha value is -2.67. The summed E-state index contributed by atoms with van der Waals surface area (Å²) in [5, 5.41) is 3.36. The molecule has 1 fully saturated rings. The average Bonchev–Trinajstić information content (AvgIpc) is 3.31. The van der Waals surface area contributed by atoms with E-state index < -0.39 is 6.10 Å². The molecule has 2 aromatic rings. The Morgan fingerprint density at radius 3 is 2.90 bits per heavy atom. The SMILES string of the molecule is CCC(Oc1ccccc1OC)C(=O)N1CCc2nc(C3CCNC3)ncc2C1. The monoisotopic (exact) mass is 396 g/mol. The number of methoxy groups -OCH3 is 1. The van der Waals surface area contributed by atoms with Crippen LogP contribution in [0.5, 0.6) is 11.5 Å². The zero-order chi connectivity index (χ0) is 20.2. The molecule has 7 nitrogen and oxygen atoms in total. The number of para-hydroxylation sites is 2. The predicted molar refractivity (Wildman–Crippen MR) is 109 cm³/mol. The third kappa shape index (κ3) is 4.19. The molecule has 154 valence electrons. The lowest BCUT2D eigenvalue weighted by Crippen LogP contribution is -2.44. The molecule has 7 heteroatoms. The highest BCUT2D eigenvalue weighted by Gasteiger charge is 2.30. The van der Waals surface area contributed by atoms with Gasteiger partial charge in [-0.15, -0.1) is 0 Å². The van der Waals surface area contributed by atoms with E-state index in [0.717, 1.165) is 43.0 Å². The molecule has 1 saturated heterocycles. The van der Waals surface area contributed by atoms with Crippen LogP contribution in [-0.2, 0) is 17.8 Å². The molecule has 2 aliphatic rings. The minimum atomic E-state index is -0.544. The van der Waals surface area contributed by atoms with Crippen molar-refractivity contribution in [1.29, 1.82) is 0 Å². The largest absolute Gasteiger partial charge is 0.493 e. The molecule has 1 aromatic heterocycles. The molecule has 1 aromatic carbocycles. The zero-order valence-corrected chi connectivity index (χ0v) is 17.1. The van der Waals surface area contributed by atoms with E-state index in [1.54, 1.807) is 7.11 Å². The Balaban J connectivity index is 1.45. The van der Waals surface area contributed by atoms with Crippen molar-refractivity contribution in [1.82, 2.24) is 20.2 Å². The second-order valence-electron chi connectivity index (χ2n) is 7.57. The highest BCUT2D eigenvalue weighted by molar-refractivity contribution is 5.81. The van der Waals surface area contributed by atoms with Crippen molar-refractivity contribution in [3.8, 4) is 11.5 Å². The first kappa shape index (κ1) is 19.6. The summed E-state index contributed by atoms with van der Waals surface area (Å²) in [6.45, 7) is 5.11. The number of hydrogen-bond donors (Lipinski definition) is 1. The van der Waals surface area contributed by atoms with Crippen LogP contribution in [0.2, 0.25) is 0 Å². The number of rotatable bonds is 6. The number of benzene rings is 1. The summed E-state index contributed by atoms with van der Waals surface area (Å²) in [7, 11) is 1.60. The normalized spacial score (nSPS) is 19.5. The molecule has 0 aliphatic carbocycles. The van der Waals surface area contributed by atoms with Gasteiger partial charge in [-0.25, -0.2) is 9.97 Å². The van der Waals surface area contributed by atoms with Crippen molar-refractivity contribution in [2.75, 3.05) is 26.7 Å². The second kappa shape index (κ2) is 8.78. The average molecular weight is 396 g/mol. The van der Waals surface area contributed by atoms with Crippen LogP contribution in [0.1, 0.15) is 42.8 Å². The number of hydrogen-bond acceptors (Lipinski definition) is 6. The highest BCUT2D eigenvalue weighted by atomic mass is 16.5. The standard InChI is InChI=1S/C22H28N4O3/c1-3-18(29-20-7-5-4-6-19(20)28-2)22(27)26-11-9-17-16(14-26)13-24-21(25-17)15-8-10-23-12-15/h4-7,13,15,18,23H,3,8-12,14H2,1-2H3. The van der Waals surface area contributed by atoms with Gasteiger partial charge in [0.05, 0.1) is 12.8 Å². The molecular weight excluding hydrogens is 368 g/mol. The van der Waals surface area contributed by atoms with Crippen LogP contribution in [0.15, 0.2) is 30.5 Å². The number of nitrogens with zero attached hydrogens (tertiary/aromatic N) is 3. The fraction of sp³-hybridized carbons (Fsp3) is 0.500. The van der Waals surface area contributed by atoms with Gasteiger partial charge in [-0.3, -0.25) is 4.79 Å². The Kier molecular flexibility index (Phi) is 5.94. The fourth-order valence-electron chi connectivity index (χ4n) is 3.97. The van der Waals surface area contributed by atoms with Gasteiger partial charge in [-0.05, 0) is 31.5 Å². The molecule has 0 saturated carbocycles. The quantitative estimate of drug-likeness (QED) is 0.808. The van der Waals surface area contributed by atoms with E-state index in [0.29, 0.717) is 36.9 Å². The van der Waals surface area contributed by atoms with Crippen molar-refractivity contribution in [2.24, 2.45) is 0 Å². The maximum absolute atomic E-state index is 13.1. The van der Waals surface area contributed by atoms with Crippen LogP contribution in [0.3, 0.4) is 0 Å². The third-order valence-electron chi connectivity index (χ3n) is 5.67. The Labute approximate surface area is 171 Å². The van der Waals surface area contributed by atoms with E-state index in [1.807, 2.05) is 42.3 Å². The summed E-state index contributed by atoms with van der Waals surface area (Å²) >= 11 is 0. The van der Waals surface area contributed by atoms with E-state index in [2.05, 4.69) is 10.3 Å². The summed E-state index contributed by atoms with van der Waals surface area (Å²) in [6.07, 6.45) is 3.78. The van der Waals surface area contributed by atoms with Gasteiger partial charge in [0.2, 0.25) is 0 Å². The van der Waals surface area contributed by atoms with E-state index >= 15 is 0 Å². The Bertz CT molecular complexity index is 867. The molecule has 0 spiro atoms. The molecule has 2 aliphatic heterocycles. The topological polar surface area (TPSA) is 76.6 Å². The smallest absolute Gasteiger partial charge is 0.263 e. The molecule has 4 rings (SSSR count). The number of nitrogens with one attached hydrogen (secondary N) is 1. The molecule has 0 radical (unpaired) electrons. The second-order valence-corrected chi connectivity index (χ2v) is 7.57. The van der Waals surface area contributed by atoms with Gasteiger partial charge in [0, 0.05) is 43.7 Å². The minimum Gasteiger partial charge on any atom is -0.493 e. The molecule has 29 heavy (non-hydrogen) atoms. The van der Waals surface area contributed by atoms with Gasteiger partial charge in [-0.1, -0.05) is 19.1 Å². The van der Waals surface area contributed by atoms with Crippen molar-refractivity contribution in [2.45, 2.75) is 44.8 Å². The van der Waals surface area contributed by atoms with E-state index in [9.17, 15) is 4.79 Å². The van der Waals surface area contributed by atoms with Gasteiger partial charge in [0.1, 0.15) is 5.82 Å². The lowest BCUT2D eigenvalue weighted by atomic mass is 10.0. The van der Waals surface area contributed by atoms with E-state index in [1.165, 1.54) is 0 Å². The molecular formula is C22H28N4O3.